The van der Waals surface area contributed by atoms with E-state index in [9.17, 15) is 0 Å². The van der Waals surface area contributed by atoms with Gasteiger partial charge in [0, 0.05) is 30.6 Å². The van der Waals surface area contributed by atoms with Gasteiger partial charge in [-0.2, -0.15) is 4.98 Å². The monoisotopic (exact) mass is 356 g/mol. The average Bonchev–Trinajstić information content (AvgIpc) is 3.40. The Labute approximate surface area is 155 Å². The molecule has 6 heteroatoms. The SMILES string of the molecule is Cc1nc(CN2CCC(COc3nc(C4CC4)nc(C)c3C)CC2)co1. The van der Waals surface area contributed by atoms with Crippen LogP contribution in [0.15, 0.2) is 10.7 Å². The van der Waals surface area contributed by atoms with Crippen LogP contribution < -0.4 is 4.74 Å². The molecule has 1 saturated heterocycles. The normalized spacial score (nSPS) is 19.0. The fourth-order valence-electron chi connectivity index (χ4n) is 3.51. The molecular weight excluding hydrogens is 328 g/mol. The van der Waals surface area contributed by atoms with Gasteiger partial charge in [-0.3, -0.25) is 4.90 Å². The molecule has 0 atom stereocenters. The molecule has 2 aromatic rings. The summed E-state index contributed by atoms with van der Waals surface area (Å²) in [4.78, 5) is 16.2. The van der Waals surface area contributed by atoms with E-state index in [1.54, 1.807) is 6.26 Å². The Morgan fingerprint density at radius 1 is 1.08 bits per heavy atom. The number of ether oxygens (including phenoxy) is 1. The summed E-state index contributed by atoms with van der Waals surface area (Å²) >= 11 is 0. The van der Waals surface area contributed by atoms with Gasteiger partial charge >= 0.3 is 0 Å². The van der Waals surface area contributed by atoms with Gasteiger partial charge in [0.15, 0.2) is 5.89 Å². The van der Waals surface area contributed by atoms with Gasteiger partial charge in [0.05, 0.1) is 12.3 Å². The molecule has 2 aliphatic rings. The Balaban J connectivity index is 1.28. The van der Waals surface area contributed by atoms with Crippen molar-refractivity contribution in [2.24, 2.45) is 5.92 Å². The molecule has 1 aliphatic carbocycles. The number of hydrogen-bond acceptors (Lipinski definition) is 6. The van der Waals surface area contributed by atoms with E-state index in [2.05, 4.69) is 28.7 Å². The van der Waals surface area contributed by atoms with E-state index in [4.69, 9.17) is 14.1 Å². The average molecular weight is 356 g/mol. The molecule has 0 amide bonds. The van der Waals surface area contributed by atoms with Crippen molar-refractivity contribution in [1.82, 2.24) is 19.9 Å². The lowest BCUT2D eigenvalue weighted by molar-refractivity contribution is 0.133. The van der Waals surface area contributed by atoms with Crippen LogP contribution in [0.2, 0.25) is 0 Å². The van der Waals surface area contributed by atoms with Crippen molar-refractivity contribution in [1.29, 1.82) is 0 Å². The smallest absolute Gasteiger partial charge is 0.219 e. The molecule has 1 saturated carbocycles. The second-order valence-corrected chi connectivity index (χ2v) is 7.76. The van der Waals surface area contributed by atoms with E-state index in [0.717, 1.165) is 73.6 Å². The van der Waals surface area contributed by atoms with Crippen molar-refractivity contribution in [3.05, 3.63) is 34.9 Å². The van der Waals surface area contributed by atoms with Crippen LogP contribution in [-0.2, 0) is 6.54 Å². The Morgan fingerprint density at radius 2 is 1.85 bits per heavy atom. The second-order valence-electron chi connectivity index (χ2n) is 7.76. The van der Waals surface area contributed by atoms with Gasteiger partial charge in [-0.15, -0.1) is 0 Å². The number of piperidine rings is 1. The van der Waals surface area contributed by atoms with E-state index in [1.807, 2.05) is 6.92 Å². The third-order valence-corrected chi connectivity index (χ3v) is 5.52. The zero-order valence-electron chi connectivity index (χ0n) is 16.0. The minimum absolute atomic E-state index is 0.556. The lowest BCUT2D eigenvalue weighted by Crippen LogP contribution is -2.35. The predicted octanol–water partition coefficient (Wildman–Crippen LogP) is 3.56. The van der Waals surface area contributed by atoms with E-state index < -0.39 is 0 Å². The first kappa shape index (κ1) is 17.5. The van der Waals surface area contributed by atoms with Crippen LogP contribution in [0.4, 0.5) is 0 Å². The minimum Gasteiger partial charge on any atom is -0.477 e. The molecule has 6 nitrogen and oxygen atoms in total. The van der Waals surface area contributed by atoms with Crippen LogP contribution in [0.5, 0.6) is 5.88 Å². The Hall–Kier alpha value is -1.95. The van der Waals surface area contributed by atoms with Crippen molar-refractivity contribution in [2.45, 2.75) is 58.9 Å². The maximum Gasteiger partial charge on any atom is 0.219 e. The summed E-state index contributed by atoms with van der Waals surface area (Å²) in [6.07, 6.45) is 6.49. The fraction of sp³-hybridized carbons (Fsp3) is 0.650. The van der Waals surface area contributed by atoms with Gasteiger partial charge < -0.3 is 9.15 Å². The highest BCUT2D eigenvalue weighted by atomic mass is 16.5. The topological polar surface area (TPSA) is 64.3 Å². The molecule has 3 heterocycles. The van der Waals surface area contributed by atoms with Crippen LogP contribution >= 0.6 is 0 Å². The first-order valence-corrected chi connectivity index (χ1v) is 9.70. The van der Waals surface area contributed by atoms with E-state index in [0.29, 0.717) is 11.8 Å². The third-order valence-electron chi connectivity index (χ3n) is 5.52. The van der Waals surface area contributed by atoms with Crippen molar-refractivity contribution >= 4 is 0 Å². The Morgan fingerprint density at radius 3 is 2.50 bits per heavy atom. The maximum absolute atomic E-state index is 6.14. The fourth-order valence-corrected chi connectivity index (χ4v) is 3.51. The van der Waals surface area contributed by atoms with Gasteiger partial charge in [-0.25, -0.2) is 9.97 Å². The molecule has 140 valence electrons. The Kier molecular flexibility index (Phi) is 4.94. The van der Waals surface area contributed by atoms with Gasteiger partial charge in [0.1, 0.15) is 12.1 Å². The molecule has 1 aliphatic heterocycles. The highest BCUT2D eigenvalue weighted by molar-refractivity contribution is 5.30. The van der Waals surface area contributed by atoms with Gasteiger partial charge in [0.25, 0.3) is 0 Å². The summed E-state index contributed by atoms with van der Waals surface area (Å²) in [5, 5.41) is 0. The lowest BCUT2D eigenvalue weighted by Gasteiger charge is -2.31. The van der Waals surface area contributed by atoms with Crippen LogP contribution in [0.1, 0.15) is 60.3 Å². The van der Waals surface area contributed by atoms with Crippen LogP contribution in [0.3, 0.4) is 0 Å². The molecule has 0 spiro atoms. The minimum atomic E-state index is 0.556. The van der Waals surface area contributed by atoms with Crippen molar-refractivity contribution in [3.63, 3.8) is 0 Å². The van der Waals surface area contributed by atoms with Crippen molar-refractivity contribution in [2.75, 3.05) is 19.7 Å². The number of oxazole rings is 1. The number of hydrogen-bond donors (Lipinski definition) is 0. The quantitative estimate of drug-likeness (QED) is 0.788. The molecule has 4 rings (SSSR count). The first-order chi connectivity index (χ1) is 12.6. The van der Waals surface area contributed by atoms with Gasteiger partial charge in [0.2, 0.25) is 5.88 Å². The summed E-state index contributed by atoms with van der Waals surface area (Å²) in [6, 6.07) is 0. The zero-order chi connectivity index (χ0) is 18.1. The second kappa shape index (κ2) is 7.35. The summed E-state index contributed by atoms with van der Waals surface area (Å²) in [6.45, 7) is 9.78. The molecule has 26 heavy (non-hydrogen) atoms. The van der Waals surface area contributed by atoms with E-state index in [-0.39, 0.29) is 0 Å². The van der Waals surface area contributed by atoms with Gasteiger partial charge in [-0.05, 0) is 58.5 Å². The number of nitrogens with zero attached hydrogens (tertiary/aromatic N) is 4. The van der Waals surface area contributed by atoms with E-state index in [1.165, 1.54) is 12.8 Å². The third kappa shape index (κ3) is 4.06. The highest BCUT2D eigenvalue weighted by Gasteiger charge is 2.28. The molecule has 0 N–H and O–H groups in total. The number of likely N-dealkylation sites (tertiary alicyclic amines) is 1. The molecule has 0 bridgehead atoms. The molecule has 2 aromatic heterocycles. The highest BCUT2D eigenvalue weighted by Crippen LogP contribution is 2.39. The summed E-state index contributed by atoms with van der Waals surface area (Å²) < 4.78 is 11.4. The summed E-state index contributed by atoms with van der Waals surface area (Å²) in [5.74, 6) is 3.65. The predicted molar refractivity (Wildman–Crippen MR) is 98.2 cm³/mol. The molecule has 0 aromatic carbocycles. The maximum atomic E-state index is 6.14. The summed E-state index contributed by atoms with van der Waals surface area (Å²) in [7, 11) is 0. The standard InChI is InChI=1S/C20H28N4O2/c1-13-14(2)21-19(17-4-5-17)23-20(13)26-11-16-6-8-24(9-7-16)10-18-12-25-15(3)22-18/h12,16-17H,4-11H2,1-3H3. The van der Waals surface area contributed by atoms with Crippen molar-refractivity contribution in [3.8, 4) is 5.88 Å². The van der Waals surface area contributed by atoms with Gasteiger partial charge in [-0.1, -0.05) is 0 Å². The Bertz CT molecular complexity index is 761. The largest absolute Gasteiger partial charge is 0.477 e. The first-order valence-electron chi connectivity index (χ1n) is 9.70. The van der Waals surface area contributed by atoms with Crippen LogP contribution in [0.25, 0.3) is 0 Å². The number of aryl methyl sites for hydroxylation is 2. The van der Waals surface area contributed by atoms with Crippen molar-refractivity contribution < 1.29 is 9.15 Å². The van der Waals surface area contributed by atoms with Crippen LogP contribution in [-0.4, -0.2) is 39.5 Å². The zero-order valence-corrected chi connectivity index (χ0v) is 16.0. The molecule has 0 radical (unpaired) electrons. The molecule has 0 unspecified atom stereocenters. The molecule has 2 fully saturated rings. The lowest BCUT2D eigenvalue weighted by atomic mass is 9.98. The summed E-state index contributed by atoms with van der Waals surface area (Å²) in [5.41, 5.74) is 3.15. The van der Waals surface area contributed by atoms with Crippen LogP contribution in [0, 0.1) is 26.7 Å². The number of aromatic nitrogens is 3. The van der Waals surface area contributed by atoms with E-state index >= 15 is 0 Å². The number of rotatable bonds is 6. The molecular formula is C20H28N4O2.